The van der Waals surface area contributed by atoms with E-state index < -0.39 is 11.9 Å². The molecular formula is C16H16ClFN2O2. The molecule has 0 aliphatic heterocycles. The number of nitrogens with one attached hydrogen (secondary N) is 1. The second-order valence-corrected chi connectivity index (χ2v) is 5.08. The van der Waals surface area contributed by atoms with E-state index in [4.69, 9.17) is 22.1 Å². The van der Waals surface area contributed by atoms with Gasteiger partial charge in [-0.1, -0.05) is 23.7 Å². The minimum Gasteiger partial charge on any atom is -0.492 e. The van der Waals surface area contributed by atoms with E-state index >= 15 is 0 Å². The molecule has 0 saturated heterocycles. The molecule has 1 atom stereocenters. The fourth-order valence-electron chi connectivity index (χ4n) is 1.94. The largest absolute Gasteiger partial charge is 0.492 e. The first-order chi connectivity index (χ1) is 10.6. The molecule has 0 fully saturated rings. The van der Waals surface area contributed by atoms with Gasteiger partial charge in [0.25, 0.3) is 0 Å². The third-order valence-electron chi connectivity index (χ3n) is 3.02. The maximum absolute atomic E-state index is 12.9. The molecule has 1 amide bonds. The van der Waals surface area contributed by atoms with E-state index in [0.29, 0.717) is 29.5 Å². The number of benzene rings is 2. The number of carbonyl (C=O) groups is 1. The summed E-state index contributed by atoms with van der Waals surface area (Å²) < 4.78 is 18.4. The molecule has 6 heteroatoms. The van der Waals surface area contributed by atoms with Crippen LogP contribution in [0.4, 0.5) is 4.39 Å². The topological polar surface area (TPSA) is 64.4 Å². The monoisotopic (exact) mass is 322 g/mol. The molecule has 116 valence electrons. The summed E-state index contributed by atoms with van der Waals surface area (Å²) in [5, 5.41) is 3.62. The maximum Gasteiger partial charge on any atom is 0.239 e. The zero-order valence-electron chi connectivity index (χ0n) is 11.8. The molecule has 2 rings (SSSR count). The summed E-state index contributed by atoms with van der Waals surface area (Å²) in [6.07, 6.45) is 0. The van der Waals surface area contributed by atoms with Crippen molar-refractivity contribution < 1.29 is 13.9 Å². The van der Waals surface area contributed by atoms with Gasteiger partial charge in [-0.15, -0.1) is 0 Å². The number of ether oxygens (including phenoxy) is 1. The van der Waals surface area contributed by atoms with Crippen LogP contribution in [0.15, 0.2) is 48.5 Å². The second-order valence-electron chi connectivity index (χ2n) is 4.64. The first-order valence-corrected chi connectivity index (χ1v) is 7.10. The summed E-state index contributed by atoms with van der Waals surface area (Å²) in [4.78, 5) is 11.5. The molecule has 2 aromatic carbocycles. The Morgan fingerprint density at radius 3 is 2.41 bits per heavy atom. The number of hydrogen-bond acceptors (Lipinski definition) is 3. The van der Waals surface area contributed by atoms with Crippen molar-refractivity contribution in [3.8, 4) is 5.75 Å². The number of carbonyl (C=O) groups excluding carboxylic acids is 1. The fourth-order valence-corrected chi connectivity index (χ4v) is 2.07. The molecule has 4 nitrogen and oxygen atoms in total. The summed E-state index contributed by atoms with van der Waals surface area (Å²) in [6.45, 7) is 0.764. The van der Waals surface area contributed by atoms with Gasteiger partial charge in [-0.2, -0.15) is 0 Å². The van der Waals surface area contributed by atoms with E-state index in [9.17, 15) is 9.18 Å². The first-order valence-electron chi connectivity index (χ1n) is 6.73. The molecule has 0 saturated carbocycles. The summed E-state index contributed by atoms with van der Waals surface area (Å²) in [6, 6.07) is 11.9. The lowest BCUT2D eigenvalue weighted by molar-refractivity contribution is -0.120. The molecule has 3 N–H and O–H groups in total. The Morgan fingerprint density at radius 2 is 1.82 bits per heavy atom. The van der Waals surface area contributed by atoms with Crippen molar-refractivity contribution in [3.05, 3.63) is 64.9 Å². The highest BCUT2D eigenvalue weighted by atomic mass is 35.5. The Kier molecular flexibility index (Phi) is 5.75. The number of halogens is 2. The van der Waals surface area contributed by atoms with Crippen LogP contribution in [0.25, 0.3) is 0 Å². The van der Waals surface area contributed by atoms with Gasteiger partial charge in [0.1, 0.15) is 24.2 Å². The lowest BCUT2D eigenvalue weighted by atomic mass is 10.1. The second kappa shape index (κ2) is 7.77. The van der Waals surface area contributed by atoms with Gasteiger partial charge in [0.15, 0.2) is 0 Å². The lowest BCUT2D eigenvalue weighted by Crippen LogP contribution is -2.35. The van der Waals surface area contributed by atoms with E-state index in [1.54, 1.807) is 24.3 Å². The third-order valence-corrected chi connectivity index (χ3v) is 3.27. The predicted molar refractivity (Wildman–Crippen MR) is 83.3 cm³/mol. The SMILES string of the molecule is NC(=O)C(NCCOc1ccc(Cl)cc1)c1ccc(F)cc1. The molecule has 0 aromatic heterocycles. The molecule has 2 aromatic rings. The van der Waals surface area contributed by atoms with Crippen LogP contribution in [-0.2, 0) is 4.79 Å². The van der Waals surface area contributed by atoms with Gasteiger partial charge in [0.2, 0.25) is 5.91 Å². The average molecular weight is 323 g/mol. The molecule has 0 spiro atoms. The van der Waals surface area contributed by atoms with Crippen molar-refractivity contribution in [2.75, 3.05) is 13.2 Å². The van der Waals surface area contributed by atoms with E-state index in [1.807, 2.05) is 0 Å². The van der Waals surface area contributed by atoms with Gasteiger partial charge in [-0.25, -0.2) is 4.39 Å². The molecule has 0 aliphatic rings. The number of hydrogen-bond donors (Lipinski definition) is 2. The van der Waals surface area contributed by atoms with E-state index in [2.05, 4.69) is 5.32 Å². The van der Waals surface area contributed by atoms with Gasteiger partial charge >= 0.3 is 0 Å². The van der Waals surface area contributed by atoms with Crippen LogP contribution in [0, 0.1) is 5.82 Å². The molecule has 0 heterocycles. The van der Waals surface area contributed by atoms with Crippen molar-refractivity contribution in [1.29, 1.82) is 0 Å². The lowest BCUT2D eigenvalue weighted by Gasteiger charge is -2.16. The summed E-state index contributed by atoms with van der Waals surface area (Å²) in [5.41, 5.74) is 5.98. The quantitative estimate of drug-likeness (QED) is 0.770. The minimum absolute atomic E-state index is 0.354. The van der Waals surface area contributed by atoms with E-state index in [0.717, 1.165) is 0 Å². The van der Waals surface area contributed by atoms with Crippen LogP contribution < -0.4 is 15.8 Å². The van der Waals surface area contributed by atoms with Crippen molar-refractivity contribution in [3.63, 3.8) is 0 Å². The number of primary amides is 1. The van der Waals surface area contributed by atoms with Crippen molar-refractivity contribution in [2.24, 2.45) is 5.73 Å². The van der Waals surface area contributed by atoms with E-state index in [-0.39, 0.29) is 5.82 Å². The van der Waals surface area contributed by atoms with Crippen molar-refractivity contribution in [1.82, 2.24) is 5.32 Å². The Labute approximate surface area is 133 Å². The van der Waals surface area contributed by atoms with Crippen LogP contribution in [0.1, 0.15) is 11.6 Å². The average Bonchev–Trinajstić information content (AvgIpc) is 2.50. The maximum atomic E-state index is 12.9. The van der Waals surface area contributed by atoms with Crippen molar-refractivity contribution in [2.45, 2.75) is 6.04 Å². The normalized spacial score (nSPS) is 11.9. The van der Waals surface area contributed by atoms with Crippen LogP contribution in [0.3, 0.4) is 0 Å². The zero-order valence-corrected chi connectivity index (χ0v) is 12.5. The fraction of sp³-hybridized carbons (Fsp3) is 0.188. The van der Waals surface area contributed by atoms with Gasteiger partial charge in [-0.05, 0) is 42.0 Å². The highest BCUT2D eigenvalue weighted by Crippen LogP contribution is 2.16. The summed E-state index contributed by atoms with van der Waals surface area (Å²) in [7, 11) is 0. The predicted octanol–water partition coefficient (Wildman–Crippen LogP) is 2.67. The Morgan fingerprint density at radius 1 is 1.18 bits per heavy atom. The highest BCUT2D eigenvalue weighted by molar-refractivity contribution is 6.30. The Bertz CT molecular complexity index is 617. The molecular weight excluding hydrogens is 307 g/mol. The van der Waals surface area contributed by atoms with Gasteiger partial charge in [0, 0.05) is 11.6 Å². The van der Waals surface area contributed by atoms with Crippen LogP contribution in [-0.4, -0.2) is 19.1 Å². The van der Waals surface area contributed by atoms with Gasteiger partial charge < -0.3 is 10.5 Å². The molecule has 1 unspecified atom stereocenters. The number of amides is 1. The Hall–Kier alpha value is -2.11. The minimum atomic E-state index is -0.686. The standard InChI is InChI=1S/C16H16ClFN2O2/c17-12-3-7-14(8-4-12)22-10-9-20-15(16(19)21)11-1-5-13(18)6-2-11/h1-8,15,20H,9-10H2,(H2,19,21). The Balaban J connectivity index is 1.86. The third kappa shape index (κ3) is 4.72. The van der Waals surface area contributed by atoms with E-state index in [1.165, 1.54) is 24.3 Å². The number of nitrogens with two attached hydrogens (primary N) is 1. The summed E-state index contributed by atoms with van der Waals surface area (Å²) >= 11 is 5.78. The summed E-state index contributed by atoms with van der Waals surface area (Å²) in [5.74, 6) is -0.209. The van der Waals surface area contributed by atoms with Gasteiger partial charge in [-0.3, -0.25) is 10.1 Å². The highest BCUT2D eigenvalue weighted by Gasteiger charge is 2.16. The first kappa shape index (κ1) is 16.3. The number of rotatable bonds is 7. The molecule has 0 bridgehead atoms. The van der Waals surface area contributed by atoms with Crippen molar-refractivity contribution >= 4 is 17.5 Å². The van der Waals surface area contributed by atoms with Crippen LogP contribution in [0.5, 0.6) is 5.75 Å². The zero-order chi connectivity index (χ0) is 15.9. The molecule has 0 radical (unpaired) electrons. The molecule has 22 heavy (non-hydrogen) atoms. The van der Waals surface area contributed by atoms with Crippen LogP contribution in [0.2, 0.25) is 5.02 Å². The smallest absolute Gasteiger partial charge is 0.239 e. The molecule has 0 aliphatic carbocycles. The van der Waals surface area contributed by atoms with Crippen LogP contribution >= 0.6 is 11.6 Å². The van der Waals surface area contributed by atoms with Gasteiger partial charge in [0.05, 0.1) is 0 Å².